The average Bonchev–Trinajstić information content (AvgIpc) is 2.46. The second kappa shape index (κ2) is 5.13. The third-order valence-electron chi connectivity index (χ3n) is 3.59. The van der Waals surface area contributed by atoms with Gasteiger partial charge in [-0.3, -0.25) is 4.79 Å². The van der Waals surface area contributed by atoms with Crippen molar-refractivity contribution < 1.29 is 14.6 Å². The molecule has 0 aliphatic carbocycles. The molecule has 0 unspecified atom stereocenters. The molecule has 2 atom stereocenters. The van der Waals surface area contributed by atoms with Gasteiger partial charge in [0.05, 0.1) is 5.69 Å². The van der Waals surface area contributed by atoms with E-state index in [9.17, 15) is 9.90 Å². The van der Waals surface area contributed by atoms with Crippen LogP contribution in [0.1, 0.15) is 19.8 Å². The Kier molecular flexibility index (Phi) is 3.32. The molecule has 20 heavy (non-hydrogen) atoms. The molecule has 0 aromatic heterocycles. The Morgan fingerprint density at radius 3 is 2.90 bits per heavy atom. The summed E-state index contributed by atoms with van der Waals surface area (Å²) in [5.41, 5.74) is 0.688. The van der Waals surface area contributed by atoms with Gasteiger partial charge in [0.15, 0.2) is 0 Å². The molecule has 4 nitrogen and oxygen atoms in total. The SMILES string of the molecule is CCC[C@@H](O)[C@@H]1Oc2ccc3ccccc3c2NC1=O. The number of nitrogens with one attached hydrogen (secondary N) is 1. The van der Waals surface area contributed by atoms with E-state index in [1.807, 2.05) is 43.3 Å². The third kappa shape index (κ3) is 2.12. The zero-order valence-electron chi connectivity index (χ0n) is 11.3. The number of amides is 1. The summed E-state index contributed by atoms with van der Waals surface area (Å²) in [6.07, 6.45) is -0.261. The Balaban J connectivity index is 2.00. The van der Waals surface area contributed by atoms with Crippen LogP contribution >= 0.6 is 0 Å². The molecule has 2 N–H and O–H groups in total. The molecule has 3 rings (SSSR count). The first-order valence-electron chi connectivity index (χ1n) is 6.88. The molecule has 2 aromatic carbocycles. The summed E-state index contributed by atoms with van der Waals surface area (Å²) in [6, 6.07) is 11.6. The monoisotopic (exact) mass is 271 g/mol. The van der Waals surface area contributed by atoms with Crippen LogP contribution in [-0.2, 0) is 4.79 Å². The number of rotatable bonds is 3. The van der Waals surface area contributed by atoms with Gasteiger partial charge in [-0.15, -0.1) is 0 Å². The maximum Gasteiger partial charge on any atom is 0.268 e. The molecule has 1 amide bonds. The van der Waals surface area contributed by atoms with Crippen molar-refractivity contribution in [1.82, 2.24) is 0 Å². The Labute approximate surface area is 117 Å². The molecule has 0 radical (unpaired) electrons. The normalized spacial score (nSPS) is 19.1. The standard InChI is InChI=1S/C16H17NO3/c1-2-5-12(18)15-16(19)17-14-11-7-4-3-6-10(11)8-9-13(14)20-15/h3-4,6-9,12,15,18H,2,5H2,1H3,(H,17,19)/t12-,15+/m1/s1. The summed E-state index contributed by atoms with van der Waals surface area (Å²) in [7, 11) is 0. The van der Waals surface area contributed by atoms with Crippen LogP contribution in [0.2, 0.25) is 0 Å². The number of hydrogen-bond donors (Lipinski definition) is 2. The first-order valence-corrected chi connectivity index (χ1v) is 6.88. The van der Waals surface area contributed by atoms with E-state index >= 15 is 0 Å². The van der Waals surface area contributed by atoms with Crippen molar-refractivity contribution in [2.45, 2.75) is 32.0 Å². The van der Waals surface area contributed by atoms with Gasteiger partial charge in [0.1, 0.15) is 11.9 Å². The van der Waals surface area contributed by atoms with E-state index in [0.29, 0.717) is 17.9 Å². The summed E-state index contributed by atoms with van der Waals surface area (Å²) in [6.45, 7) is 1.96. The Morgan fingerprint density at radius 2 is 2.10 bits per heavy atom. The summed E-state index contributed by atoms with van der Waals surface area (Å²) < 4.78 is 5.70. The Hall–Kier alpha value is -2.07. The fourth-order valence-corrected chi connectivity index (χ4v) is 2.56. The number of fused-ring (bicyclic) bond motifs is 3. The quantitative estimate of drug-likeness (QED) is 0.902. The molecule has 0 bridgehead atoms. The molecule has 1 aliphatic heterocycles. The van der Waals surface area contributed by atoms with Gasteiger partial charge in [0.2, 0.25) is 6.10 Å². The van der Waals surface area contributed by atoms with E-state index in [1.54, 1.807) is 0 Å². The number of carbonyl (C=O) groups is 1. The van der Waals surface area contributed by atoms with Crippen molar-refractivity contribution in [3.05, 3.63) is 36.4 Å². The second-order valence-corrected chi connectivity index (χ2v) is 5.04. The smallest absolute Gasteiger partial charge is 0.268 e. The van der Waals surface area contributed by atoms with Crippen LogP contribution in [0.25, 0.3) is 10.8 Å². The molecular weight excluding hydrogens is 254 g/mol. The van der Waals surface area contributed by atoms with Gasteiger partial charge in [0, 0.05) is 5.39 Å². The van der Waals surface area contributed by atoms with Crippen molar-refractivity contribution in [2.75, 3.05) is 5.32 Å². The minimum absolute atomic E-state index is 0.283. The minimum Gasteiger partial charge on any atom is -0.476 e. The van der Waals surface area contributed by atoms with Gasteiger partial charge in [-0.1, -0.05) is 43.7 Å². The fraction of sp³-hybridized carbons (Fsp3) is 0.312. The van der Waals surface area contributed by atoms with Crippen LogP contribution in [0.15, 0.2) is 36.4 Å². The first-order chi connectivity index (χ1) is 9.70. The van der Waals surface area contributed by atoms with Crippen LogP contribution < -0.4 is 10.1 Å². The van der Waals surface area contributed by atoms with Crippen LogP contribution in [0.4, 0.5) is 5.69 Å². The number of benzene rings is 2. The molecule has 1 aliphatic rings. The number of carbonyl (C=O) groups excluding carboxylic acids is 1. The van der Waals surface area contributed by atoms with Gasteiger partial charge in [-0.25, -0.2) is 0 Å². The van der Waals surface area contributed by atoms with E-state index in [1.165, 1.54) is 0 Å². The van der Waals surface area contributed by atoms with Crippen molar-refractivity contribution in [3.8, 4) is 5.75 Å². The number of anilines is 1. The highest BCUT2D eigenvalue weighted by Crippen LogP contribution is 2.37. The molecule has 104 valence electrons. The van der Waals surface area contributed by atoms with E-state index in [-0.39, 0.29) is 5.91 Å². The lowest BCUT2D eigenvalue weighted by Gasteiger charge is -2.29. The molecule has 1 heterocycles. The molecule has 0 fully saturated rings. The lowest BCUT2D eigenvalue weighted by Crippen LogP contribution is -2.45. The number of aliphatic hydroxyl groups excluding tert-OH is 1. The zero-order valence-corrected chi connectivity index (χ0v) is 11.3. The maximum absolute atomic E-state index is 12.1. The van der Waals surface area contributed by atoms with Crippen molar-refractivity contribution in [1.29, 1.82) is 0 Å². The molecular formula is C16H17NO3. The predicted octanol–water partition coefficient (Wildman–Crippen LogP) is 2.70. The molecule has 2 aromatic rings. The van der Waals surface area contributed by atoms with E-state index in [0.717, 1.165) is 17.2 Å². The molecule has 0 saturated carbocycles. The molecule has 4 heteroatoms. The summed E-state index contributed by atoms with van der Waals surface area (Å²) >= 11 is 0. The van der Waals surface area contributed by atoms with E-state index in [4.69, 9.17) is 4.74 Å². The van der Waals surface area contributed by atoms with Crippen LogP contribution in [0.3, 0.4) is 0 Å². The van der Waals surface area contributed by atoms with Gasteiger partial charge in [-0.2, -0.15) is 0 Å². The van der Waals surface area contributed by atoms with E-state index in [2.05, 4.69) is 5.32 Å². The largest absolute Gasteiger partial charge is 0.476 e. The zero-order chi connectivity index (χ0) is 14.1. The fourth-order valence-electron chi connectivity index (χ4n) is 2.56. The van der Waals surface area contributed by atoms with Crippen molar-refractivity contribution in [3.63, 3.8) is 0 Å². The maximum atomic E-state index is 12.1. The van der Waals surface area contributed by atoms with E-state index < -0.39 is 12.2 Å². The first kappa shape index (κ1) is 12.9. The summed E-state index contributed by atoms with van der Waals surface area (Å²) in [4.78, 5) is 12.1. The number of aliphatic hydroxyl groups is 1. The Bertz CT molecular complexity index is 653. The summed E-state index contributed by atoms with van der Waals surface area (Å²) in [5.74, 6) is 0.332. The highest BCUT2D eigenvalue weighted by Gasteiger charge is 2.33. The molecule has 0 spiro atoms. The van der Waals surface area contributed by atoms with Gasteiger partial charge >= 0.3 is 0 Å². The van der Waals surface area contributed by atoms with Crippen LogP contribution in [-0.4, -0.2) is 23.2 Å². The lowest BCUT2D eigenvalue weighted by molar-refractivity contribution is -0.128. The third-order valence-corrected chi connectivity index (χ3v) is 3.59. The average molecular weight is 271 g/mol. The molecule has 0 saturated heterocycles. The van der Waals surface area contributed by atoms with Gasteiger partial charge in [-0.05, 0) is 17.9 Å². The van der Waals surface area contributed by atoms with Crippen LogP contribution in [0, 0.1) is 0 Å². The number of ether oxygens (including phenoxy) is 1. The second-order valence-electron chi connectivity index (χ2n) is 5.04. The van der Waals surface area contributed by atoms with Crippen molar-refractivity contribution in [2.24, 2.45) is 0 Å². The van der Waals surface area contributed by atoms with Gasteiger partial charge < -0.3 is 15.2 Å². The summed E-state index contributed by atoms with van der Waals surface area (Å²) in [5, 5.41) is 14.9. The van der Waals surface area contributed by atoms with Gasteiger partial charge in [0.25, 0.3) is 5.91 Å². The topological polar surface area (TPSA) is 58.6 Å². The lowest BCUT2D eigenvalue weighted by atomic mass is 10.0. The number of hydrogen-bond acceptors (Lipinski definition) is 3. The highest BCUT2D eigenvalue weighted by molar-refractivity contribution is 6.07. The predicted molar refractivity (Wildman–Crippen MR) is 77.9 cm³/mol. The van der Waals surface area contributed by atoms with Crippen LogP contribution in [0.5, 0.6) is 5.75 Å². The Morgan fingerprint density at radius 1 is 1.30 bits per heavy atom. The highest BCUT2D eigenvalue weighted by atomic mass is 16.5. The van der Waals surface area contributed by atoms with Crippen molar-refractivity contribution >= 4 is 22.4 Å². The minimum atomic E-state index is -0.830.